The van der Waals surface area contributed by atoms with Gasteiger partial charge in [0.25, 0.3) is 0 Å². The Morgan fingerprint density at radius 2 is 2.00 bits per heavy atom. The van der Waals surface area contributed by atoms with Crippen LogP contribution < -0.4 is 5.32 Å². The van der Waals surface area contributed by atoms with Crippen molar-refractivity contribution in [1.29, 1.82) is 0 Å². The van der Waals surface area contributed by atoms with E-state index in [1.165, 1.54) is 0 Å². The molecule has 0 fully saturated rings. The minimum absolute atomic E-state index is 0.331. The summed E-state index contributed by atoms with van der Waals surface area (Å²) in [6, 6.07) is 0. The van der Waals surface area contributed by atoms with Crippen LogP contribution in [0.1, 0.15) is 45.3 Å². The maximum Gasteiger partial charge on any atom is 0.240 e. The Morgan fingerprint density at radius 3 is 2.50 bits per heavy atom. The molecule has 0 saturated carbocycles. The van der Waals surface area contributed by atoms with Crippen LogP contribution >= 0.6 is 0 Å². The summed E-state index contributed by atoms with van der Waals surface area (Å²) >= 11 is 0. The number of nitrogens with zero attached hydrogens (tertiary/aromatic N) is 2. The fraction of sp³-hybridized carbons (Fsp3) is 0.800. The molecule has 4 heteroatoms. The van der Waals surface area contributed by atoms with Crippen molar-refractivity contribution in [2.45, 2.75) is 40.2 Å². The molecule has 14 heavy (non-hydrogen) atoms. The van der Waals surface area contributed by atoms with Crippen LogP contribution in [0.3, 0.4) is 0 Å². The van der Waals surface area contributed by atoms with Gasteiger partial charge in [-0.25, -0.2) is 0 Å². The predicted molar refractivity (Wildman–Crippen MR) is 54.9 cm³/mol. The number of nitrogens with one attached hydrogen (secondary N) is 1. The Balaban J connectivity index is 2.36. The Bertz CT molecular complexity index is 268. The van der Waals surface area contributed by atoms with E-state index >= 15 is 0 Å². The van der Waals surface area contributed by atoms with Crippen molar-refractivity contribution in [2.75, 3.05) is 6.54 Å². The smallest absolute Gasteiger partial charge is 0.240 e. The van der Waals surface area contributed by atoms with Crippen LogP contribution in [0.5, 0.6) is 0 Å². The van der Waals surface area contributed by atoms with Crippen molar-refractivity contribution in [1.82, 2.24) is 15.5 Å². The molecule has 0 aliphatic rings. The minimum atomic E-state index is 0.331. The molecule has 0 aliphatic carbocycles. The molecule has 0 atom stereocenters. The molecule has 1 rings (SSSR count). The molecule has 80 valence electrons. The third-order valence-corrected chi connectivity index (χ3v) is 1.83. The first-order valence-electron chi connectivity index (χ1n) is 5.12. The van der Waals surface area contributed by atoms with Crippen molar-refractivity contribution in [3.63, 3.8) is 0 Å². The zero-order valence-electron chi connectivity index (χ0n) is 9.37. The zero-order chi connectivity index (χ0) is 10.6. The van der Waals surface area contributed by atoms with Crippen LogP contribution in [-0.2, 0) is 6.54 Å². The lowest BCUT2D eigenvalue weighted by atomic mass is 10.2. The first-order valence-corrected chi connectivity index (χ1v) is 5.12. The highest BCUT2D eigenvalue weighted by atomic mass is 16.5. The SMILES string of the molecule is CC(C)CNCc1nc(C(C)C)no1. The normalized spacial score (nSPS) is 11.6. The second-order valence-corrected chi connectivity index (χ2v) is 4.23. The number of rotatable bonds is 5. The molecule has 1 N–H and O–H groups in total. The third-order valence-electron chi connectivity index (χ3n) is 1.83. The minimum Gasteiger partial charge on any atom is -0.338 e. The van der Waals surface area contributed by atoms with Gasteiger partial charge < -0.3 is 9.84 Å². The Morgan fingerprint density at radius 1 is 1.29 bits per heavy atom. The predicted octanol–water partition coefficient (Wildman–Crippen LogP) is 1.94. The first-order chi connectivity index (χ1) is 6.59. The van der Waals surface area contributed by atoms with Crippen LogP contribution in [0, 0.1) is 5.92 Å². The van der Waals surface area contributed by atoms with E-state index in [0.29, 0.717) is 24.3 Å². The van der Waals surface area contributed by atoms with Crippen LogP contribution in [-0.4, -0.2) is 16.7 Å². The molecule has 0 spiro atoms. The maximum absolute atomic E-state index is 5.08. The quantitative estimate of drug-likeness (QED) is 0.783. The van der Waals surface area contributed by atoms with Gasteiger partial charge in [0.1, 0.15) is 0 Å². The van der Waals surface area contributed by atoms with Gasteiger partial charge in [0, 0.05) is 5.92 Å². The van der Waals surface area contributed by atoms with E-state index in [1.54, 1.807) is 0 Å². The largest absolute Gasteiger partial charge is 0.338 e. The molecule has 0 aliphatic heterocycles. The van der Waals surface area contributed by atoms with Crippen LogP contribution in [0.25, 0.3) is 0 Å². The highest BCUT2D eigenvalue weighted by Gasteiger charge is 2.08. The van der Waals surface area contributed by atoms with Gasteiger partial charge in [-0.3, -0.25) is 0 Å². The Kier molecular flexibility index (Phi) is 4.07. The molecule has 0 aromatic carbocycles. The molecule has 1 aromatic heterocycles. The highest BCUT2D eigenvalue weighted by molar-refractivity contribution is 4.91. The summed E-state index contributed by atoms with van der Waals surface area (Å²) in [5, 5.41) is 7.14. The average molecular weight is 197 g/mol. The summed E-state index contributed by atoms with van der Waals surface area (Å²) in [5.74, 6) is 2.43. The summed E-state index contributed by atoms with van der Waals surface area (Å²) in [7, 11) is 0. The summed E-state index contributed by atoms with van der Waals surface area (Å²) in [5.41, 5.74) is 0. The Labute approximate surface area is 85.1 Å². The van der Waals surface area contributed by atoms with Crippen molar-refractivity contribution in [3.8, 4) is 0 Å². The third kappa shape index (κ3) is 3.46. The van der Waals surface area contributed by atoms with Gasteiger partial charge in [0.2, 0.25) is 5.89 Å². The second kappa shape index (κ2) is 5.10. The summed E-state index contributed by atoms with van der Waals surface area (Å²) in [6.45, 7) is 10.1. The van der Waals surface area contributed by atoms with E-state index in [9.17, 15) is 0 Å². The van der Waals surface area contributed by atoms with Crippen LogP contribution in [0.2, 0.25) is 0 Å². The monoisotopic (exact) mass is 197 g/mol. The summed E-state index contributed by atoms with van der Waals surface area (Å²) in [6.07, 6.45) is 0. The highest BCUT2D eigenvalue weighted by Crippen LogP contribution is 2.09. The molecule has 1 heterocycles. The van der Waals surface area contributed by atoms with Gasteiger partial charge in [-0.15, -0.1) is 0 Å². The van der Waals surface area contributed by atoms with Gasteiger partial charge in [0.15, 0.2) is 5.82 Å². The van der Waals surface area contributed by atoms with Crippen molar-refractivity contribution in [3.05, 3.63) is 11.7 Å². The Hall–Kier alpha value is -0.900. The summed E-state index contributed by atoms with van der Waals surface area (Å²) in [4.78, 5) is 4.27. The lowest BCUT2D eigenvalue weighted by Gasteiger charge is -2.03. The fourth-order valence-electron chi connectivity index (χ4n) is 1.04. The molecule has 0 amide bonds. The van der Waals surface area contributed by atoms with Gasteiger partial charge >= 0.3 is 0 Å². The summed E-state index contributed by atoms with van der Waals surface area (Å²) < 4.78 is 5.08. The fourth-order valence-corrected chi connectivity index (χ4v) is 1.04. The molecular weight excluding hydrogens is 178 g/mol. The van der Waals surface area contributed by atoms with Gasteiger partial charge in [-0.05, 0) is 12.5 Å². The van der Waals surface area contributed by atoms with Gasteiger partial charge in [-0.2, -0.15) is 4.98 Å². The topological polar surface area (TPSA) is 51.0 Å². The van der Waals surface area contributed by atoms with Gasteiger partial charge in [-0.1, -0.05) is 32.9 Å². The molecule has 0 radical (unpaired) electrons. The van der Waals surface area contributed by atoms with Crippen molar-refractivity contribution in [2.24, 2.45) is 5.92 Å². The first kappa shape index (κ1) is 11.2. The molecule has 0 unspecified atom stereocenters. The van der Waals surface area contributed by atoms with E-state index in [1.807, 2.05) is 0 Å². The molecule has 0 saturated heterocycles. The molecule has 4 nitrogen and oxygen atoms in total. The zero-order valence-corrected chi connectivity index (χ0v) is 9.37. The van der Waals surface area contributed by atoms with Crippen molar-refractivity contribution < 1.29 is 4.52 Å². The maximum atomic E-state index is 5.08. The van der Waals surface area contributed by atoms with Crippen LogP contribution in [0.4, 0.5) is 0 Å². The van der Waals surface area contributed by atoms with Gasteiger partial charge in [0.05, 0.1) is 6.54 Å². The lowest BCUT2D eigenvalue weighted by molar-refractivity contribution is 0.358. The average Bonchev–Trinajstić information content (AvgIpc) is 2.52. The number of hydrogen-bond acceptors (Lipinski definition) is 4. The van der Waals surface area contributed by atoms with Crippen LogP contribution in [0.15, 0.2) is 4.52 Å². The van der Waals surface area contributed by atoms with E-state index in [-0.39, 0.29) is 0 Å². The number of aromatic nitrogens is 2. The molecule has 1 aromatic rings. The van der Waals surface area contributed by atoms with E-state index in [0.717, 1.165) is 12.4 Å². The lowest BCUT2D eigenvalue weighted by Crippen LogP contribution is -2.19. The van der Waals surface area contributed by atoms with Crippen molar-refractivity contribution >= 4 is 0 Å². The number of hydrogen-bond donors (Lipinski definition) is 1. The molecule has 0 bridgehead atoms. The van der Waals surface area contributed by atoms with E-state index < -0.39 is 0 Å². The van der Waals surface area contributed by atoms with E-state index in [4.69, 9.17) is 4.52 Å². The standard InChI is InChI=1S/C10H19N3O/c1-7(2)5-11-6-9-12-10(8(3)4)13-14-9/h7-8,11H,5-6H2,1-4H3. The van der Waals surface area contributed by atoms with E-state index in [2.05, 4.69) is 43.2 Å². The molecular formula is C10H19N3O. The second-order valence-electron chi connectivity index (χ2n) is 4.23.